The number of hydrogen-bond donors (Lipinski definition) is 0. The fourth-order valence-corrected chi connectivity index (χ4v) is 7.58. The molecule has 4 aliphatic heterocycles. The van der Waals surface area contributed by atoms with Crippen molar-refractivity contribution in [3.05, 3.63) is 0 Å². The first-order chi connectivity index (χ1) is 23.1. The molecule has 0 aromatic heterocycles. The van der Waals surface area contributed by atoms with Crippen LogP contribution in [0.15, 0.2) is 0 Å². The first kappa shape index (κ1) is 51.8. The minimum Gasteiger partial charge on any atom is -0.298 e. The Kier molecular flexibility index (Phi) is 20.2. The summed E-state index contributed by atoms with van der Waals surface area (Å²) >= 11 is 0. The molecular weight excluding hydrogens is 635 g/mol. The van der Waals surface area contributed by atoms with Crippen molar-refractivity contribution < 1.29 is 0 Å². The van der Waals surface area contributed by atoms with Crippen molar-refractivity contribution in [3.8, 4) is 0 Å². The zero-order valence-corrected chi connectivity index (χ0v) is 40.7. The monoisotopic (exact) mass is 736 g/mol. The third kappa shape index (κ3) is 19.1. The van der Waals surface area contributed by atoms with E-state index in [0.717, 1.165) is 17.8 Å². The van der Waals surface area contributed by atoms with Gasteiger partial charge in [-0.3, -0.25) is 24.5 Å². The molecule has 4 aliphatic rings. The van der Waals surface area contributed by atoms with Gasteiger partial charge in [0.2, 0.25) is 0 Å². The molecule has 4 heterocycles. The molecule has 4 rings (SSSR count). The summed E-state index contributed by atoms with van der Waals surface area (Å²) in [5.41, 5.74) is 2.81. The molecule has 0 unspecified atom stereocenters. The van der Waals surface area contributed by atoms with Gasteiger partial charge in [0, 0.05) is 73.5 Å². The van der Waals surface area contributed by atoms with E-state index in [1.807, 2.05) is 13.8 Å². The number of nitrogens with zero attached hydrogens (tertiary/aromatic N) is 5. The Balaban J connectivity index is 0.000000660. The molecule has 0 radical (unpaired) electrons. The molecular formula is C47H101N5. The van der Waals surface area contributed by atoms with E-state index in [9.17, 15) is 0 Å². The van der Waals surface area contributed by atoms with Crippen molar-refractivity contribution in [2.45, 2.75) is 213 Å². The van der Waals surface area contributed by atoms with E-state index in [4.69, 9.17) is 0 Å². The largest absolute Gasteiger partial charge is 0.298 e. The first-order valence-corrected chi connectivity index (χ1v) is 21.9. The van der Waals surface area contributed by atoms with Crippen molar-refractivity contribution in [1.82, 2.24) is 24.5 Å². The summed E-state index contributed by atoms with van der Waals surface area (Å²) in [6.45, 7) is 67.7. The number of piperidine rings is 1. The Morgan fingerprint density at radius 2 is 0.577 bits per heavy atom. The Labute approximate surface area is 330 Å². The van der Waals surface area contributed by atoms with Gasteiger partial charge in [0.1, 0.15) is 0 Å². The Hall–Kier alpha value is -0.200. The number of hydrogen-bond acceptors (Lipinski definition) is 5. The van der Waals surface area contributed by atoms with Crippen molar-refractivity contribution in [1.29, 1.82) is 0 Å². The third-order valence-corrected chi connectivity index (χ3v) is 12.3. The molecule has 0 amide bonds. The average molecular weight is 736 g/mol. The lowest BCUT2D eigenvalue weighted by molar-refractivity contribution is -0.0345. The Morgan fingerprint density at radius 1 is 0.308 bits per heavy atom. The molecule has 0 aromatic carbocycles. The van der Waals surface area contributed by atoms with E-state index in [-0.39, 0.29) is 0 Å². The summed E-state index contributed by atoms with van der Waals surface area (Å²) in [4.78, 5) is 12.9. The minimum absolute atomic E-state index is 0.337. The van der Waals surface area contributed by atoms with Crippen LogP contribution < -0.4 is 0 Å². The molecule has 0 bridgehead atoms. The number of rotatable bonds is 0. The molecule has 5 nitrogen and oxygen atoms in total. The first-order valence-electron chi connectivity index (χ1n) is 21.9. The van der Waals surface area contributed by atoms with Crippen molar-refractivity contribution >= 4 is 0 Å². The van der Waals surface area contributed by atoms with Crippen molar-refractivity contribution in [3.63, 3.8) is 0 Å². The number of likely N-dealkylation sites (tertiary alicyclic amines) is 3. The van der Waals surface area contributed by atoms with E-state index in [0.29, 0.717) is 38.5 Å². The summed E-state index contributed by atoms with van der Waals surface area (Å²) < 4.78 is 0. The van der Waals surface area contributed by atoms with Gasteiger partial charge in [-0.15, -0.1) is 0 Å². The van der Waals surface area contributed by atoms with Gasteiger partial charge in [-0.05, 0) is 171 Å². The van der Waals surface area contributed by atoms with Crippen LogP contribution in [0.25, 0.3) is 0 Å². The Morgan fingerprint density at radius 3 is 0.788 bits per heavy atom. The van der Waals surface area contributed by atoms with E-state index >= 15 is 0 Å². The molecule has 1 atom stereocenters. The molecule has 52 heavy (non-hydrogen) atoms. The standard InChI is InChI=1S/C13H27N.C12H26N2.C11H23N.C9H19N.C2H6/c1-12(2,3)11-7-9-14(10-8-11)13(4,5)6;1-11(2,3)13-7-9-14(10-8-13)12(4,5)6;1-10(2,3)9-7-12(8-9)11(4,5)6;1-8-5-6-10(7-8)9(2,3)4;1-2/h11H,7-10H2,1-6H3;7-10H2,1-6H3;9H,7-8H2,1-6H3;8H,5-7H2,1-4H3;1-2H3/t;;;8-;/m...1./s1. The summed E-state index contributed by atoms with van der Waals surface area (Å²) in [5, 5.41) is 0. The molecule has 0 spiro atoms. The molecule has 0 N–H and O–H groups in total. The second kappa shape index (κ2) is 20.3. The normalized spacial score (nSPS) is 23.2. The van der Waals surface area contributed by atoms with Gasteiger partial charge < -0.3 is 0 Å². The molecule has 314 valence electrons. The van der Waals surface area contributed by atoms with E-state index in [2.05, 4.69) is 177 Å². The second-order valence-corrected chi connectivity index (χ2v) is 23.8. The summed E-state index contributed by atoms with van der Waals surface area (Å²) in [7, 11) is 0. The topological polar surface area (TPSA) is 16.2 Å². The van der Waals surface area contributed by atoms with Gasteiger partial charge in [-0.1, -0.05) is 62.3 Å². The van der Waals surface area contributed by atoms with Crippen LogP contribution in [0.4, 0.5) is 0 Å². The van der Waals surface area contributed by atoms with Crippen molar-refractivity contribution in [2.24, 2.45) is 28.6 Å². The number of piperazine rings is 1. The summed E-state index contributed by atoms with van der Waals surface area (Å²) in [6, 6.07) is 0. The molecule has 0 aromatic rings. The van der Waals surface area contributed by atoms with Gasteiger partial charge in [0.25, 0.3) is 0 Å². The third-order valence-electron chi connectivity index (χ3n) is 12.3. The van der Waals surface area contributed by atoms with Crippen LogP contribution in [-0.2, 0) is 0 Å². The highest BCUT2D eigenvalue weighted by atomic mass is 15.3. The minimum atomic E-state index is 0.337. The highest BCUT2D eigenvalue weighted by Gasteiger charge is 2.40. The quantitative estimate of drug-likeness (QED) is 0.245. The Bertz CT molecular complexity index is 825. The van der Waals surface area contributed by atoms with Crippen LogP contribution in [0.1, 0.15) is 185 Å². The fraction of sp³-hybridized carbons (Fsp3) is 1.00. The highest BCUT2D eigenvalue weighted by Crippen LogP contribution is 2.37. The molecule has 0 aliphatic carbocycles. The maximum Gasteiger partial charge on any atom is 0.0126 e. The lowest BCUT2D eigenvalue weighted by atomic mass is 9.74. The smallest absolute Gasteiger partial charge is 0.0126 e. The van der Waals surface area contributed by atoms with Crippen LogP contribution >= 0.6 is 0 Å². The predicted molar refractivity (Wildman–Crippen MR) is 237 cm³/mol. The van der Waals surface area contributed by atoms with Gasteiger partial charge in [0.05, 0.1) is 0 Å². The van der Waals surface area contributed by atoms with Crippen LogP contribution in [0.2, 0.25) is 0 Å². The van der Waals surface area contributed by atoms with Gasteiger partial charge in [0.15, 0.2) is 0 Å². The molecule has 5 heteroatoms. The maximum absolute atomic E-state index is 2.62. The maximum atomic E-state index is 2.62. The van der Waals surface area contributed by atoms with Crippen molar-refractivity contribution in [2.75, 3.05) is 65.4 Å². The van der Waals surface area contributed by atoms with Crippen LogP contribution in [0.3, 0.4) is 0 Å². The summed E-state index contributed by atoms with van der Waals surface area (Å²) in [6.07, 6.45) is 4.14. The van der Waals surface area contributed by atoms with Gasteiger partial charge >= 0.3 is 0 Å². The predicted octanol–water partition coefficient (Wildman–Crippen LogP) is 11.7. The van der Waals surface area contributed by atoms with Crippen LogP contribution in [-0.4, -0.2) is 118 Å². The summed E-state index contributed by atoms with van der Waals surface area (Å²) in [5.74, 6) is 2.73. The lowest BCUT2D eigenvalue weighted by Crippen LogP contribution is -2.59. The zero-order chi connectivity index (χ0) is 41.3. The second-order valence-electron chi connectivity index (χ2n) is 23.8. The van der Waals surface area contributed by atoms with E-state index in [1.165, 1.54) is 84.7 Å². The van der Waals surface area contributed by atoms with Crippen LogP contribution in [0.5, 0.6) is 0 Å². The lowest BCUT2D eigenvalue weighted by Gasteiger charge is -2.52. The van der Waals surface area contributed by atoms with Gasteiger partial charge in [-0.2, -0.15) is 0 Å². The highest BCUT2D eigenvalue weighted by molar-refractivity contribution is 4.93. The van der Waals surface area contributed by atoms with Crippen LogP contribution in [0, 0.1) is 28.6 Å². The molecule has 4 saturated heterocycles. The van der Waals surface area contributed by atoms with E-state index < -0.39 is 0 Å². The fourth-order valence-electron chi connectivity index (χ4n) is 7.58. The average Bonchev–Trinajstić information content (AvgIpc) is 3.38. The zero-order valence-electron chi connectivity index (χ0n) is 40.7. The SMILES string of the molecule is CC.CC(C)(C)C1CCN(C(C)(C)C)CC1.CC(C)(C)C1CN(C(C)(C)C)C1.CC(C)(C)N1CCN(C(C)(C)C)CC1.C[C@@H]1CCN(C(C)(C)C)C1. The van der Waals surface area contributed by atoms with Gasteiger partial charge in [-0.25, -0.2) is 0 Å². The molecule has 0 saturated carbocycles. The van der Waals surface area contributed by atoms with E-state index in [1.54, 1.807) is 0 Å². The molecule has 4 fully saturated rings.